The molecule has 1 aliphatic heterocycles. The molecule has 9 heteroatoms. The fourth-order valence-corrected chi connectivity index (χ4v) is 5.35. The highest BCUT2D eigenvalue weighted by atomic mass is 16.4. The number of nitrogens with one attached hydrogen (secondary N) is 2. The van der Waals surface area contributed by atoms with Gasteiger partial charge in [-0.2, -0.15) is 0 Å². The summed E-state index contributed by atoms with van der Waals surface area (Å²) in [7, 11) is 0. The molecule has 2 aromatic rings. The minimum absolute atomic E-state index is 0.0590. The molecule has 9 nitrogen and oxygen atoms in total. The van der Waals surface area contributed by atoms with Crippen molar-refractivity contribution in [3.8, 4) is 0 Å². The van der Waals surface area contributed by atoms with Crippen LogP contribution in [0.3, 0.4) is 0 Å². The number of carbonyl (C=O) groups excluding carboxylic acids is 3. The van der Waals surface area contributed by atoms with Gasteiger partial charge in [0.25, 0.3) is 5.91 Å². The topological polar surface area (TPSA) is 119 Å². The smallest absolute Gasteiger partial charge is 0.315 e. The number of fused-ring (bicyclic) bond motifs is 1. The molecule has 0 aromatic heterocycles. The molecule has 40 heavy (non-hydrogen) atoms. The third kappa shape index (κ3) is 7.20. The fraction of sp³-hybridized carbons (Fsp3) is 0.484. The predicted octanol–water partition coefficient (Wildman–Crippen LogP) is 4.28. The third-order valence-corrected chi connectivity index (χ3v) is 7.72. The van der Waals surface area contributed by atoms with Crippen molar-refractivity contribution in [1.29, 1.82) is 0 Å². The number of rotatable bonds is 8. The number of carboxylic acid groups (broad SMARTS) is 1. The van der Waals surface area contributed by atoms with Crippen molar-refractivity contribution in [2.24, 2.45) is 5.41 Å². The molecule has 2 aliphatic rings. The SMILES string of the molecule is CC(C)(C)C(=O)CN1C(=O)[C@H](NC(=O)NCc2ccc(CC(=O)O)cc2)CN(C2CCCCC2)c2ccccc21. The van der Waals surface area contributed by atoms with Gasteiger partial charge < -0.3 is 25.5 Å². The second-order valence-electron chi connectivity index (χ2n) is 11.8. The van der Waals surface area contributed by atoms with E-state index in [0.29, 0.717) is 17.8 Å². The predicted molar refractivity (Wildman–Crippen MR) is 154 cm³/mol. The lowest BCUT2D eigenvalue weighted by molar-refractivity contribution is -0.136. The summed E-state index contributed by atoms with van der Waals surface area (Å²) in [6.07, 6.45) is 5.39. The van der Waals surface area contributed by atoms with E-state index < -0.39 is 23.5 Å². The molecule has 1 fully saturated rings. The Morgan fingerprint density at radius 3 is 2.17 bits per heavy atom. The largest absolute Gasteiger partial charge is 0.481 e. The van der Waals surface area contributed by atoms with Gasteiger partial charge >= 0.3 is 12.0 Å². The normalized spacial score (nSPS) is 18.1. The van der Waals surface area contributed by atoms with Gasteiger partial charge in [0.05, 0.1) is 24.3 Å². The van der Waals surface area contributed by atoms with Crippen LogP contribution in [-0.4, -0.2) is 54.0 Å². The van der Waals surface area contributed by atoms with Crippen LogP contribution in [0.1, 0.15) is 64.0 Å². The average Bonchev–Trinajstić information content (AvgIpc) is 3.03. The number of aliphatic carboxylic acids is 1. The number of carboxylic acids is 1. The van der Waals surface area contributed by atoms with Crippen LogP contribution in [0.5, 0.6) is 0 Å². The molecule has 0 bridgehead atoms. The van der Waals surface area contributed by atoms with Crippen LogP contribution in [0, 0.1) is 5.41 Å². The summed E-state index contributed by atoms with van der Waals surface area (Å²) in [5, 5.41) is 14.7. The van der Waals surface area contributed by atoms with Gasteiger partial charge in [-0.1, -0.05) is 76.4 Å². The van der Waals surface area contributed by atoms with Gasteiger partial charge in [0.15, 0.2) is 5.78 Å². The molecule has 1 heterocycles. The first-order valence-electron chi connectivity index (χ1n) is 14.1. The van der Waals surface area contributed by atoms with Gasteiger partial charge in [0, 0.05) is 24.5 Å². The van der Waals surface area contributed by atoms with Crippen molar-refractivity contribution in [1.82, 2.24) is 10.6 Å². The first kappa shape index (κ1) is 29.1. The Morgan fingerprint density at radius 2 is 1.55 bits per heavy atom. The molecule has 1 aliphatic carbocycles. The van der Waals surface area contributed by atoms with Crippen LogP contribution >= 0.6 is 0 Å². The maximum atomic E-state index is 14.0. The second-order valence-corrected chi connectivity index (χ2v) is 11.8. The lowest BCUT2D eigenvalue weighted by atomic mass is 9.90. The zero-order chi connectivity index (χ0) is 28.9. The molecule has 0 spiro atoms. The summed E-state index contributed by atoms with van der Waals surface area (Å²) < 4.78 is 0. The zero-order valence-corrected chi connectivity index (χ0v) is 23.6. The summed E-state index contributed by atoms with van der Waals surface area (Å²) in [6.45, 7) is 6.00. The molecule has 1 atom stereocenters. The molecule has 4 rings (SSSR count). The highest BCUT2D eigenvalue weighted by Gasteiger charge is 2.39. The van der Waals surface area contributed by atoms with E-state index in [4.69, 9.17) is 5.11 Å². The van der Waals surface area contributed by atoms with Crippen molar-refractivity contribution < 1.29 is 24.3 Å². The van der Waals surface area contributed by atoms with E-state index in [-0.39, 0.29) is 37.2 Å². The zero-order valence-electron chi connectivity index (χ0n) is 23.6. The molecule has 214 valence electrons. The van der Waals surface area contributed by atoms with E-state index in [2.05, 4.69) is 15.5 Å². The van der Waals surface area contributed by atoms with Crippen LogP contribution in [0.15, 0.2) is 48.5 Å². The molecule has 3 amide bonds. The van der Waals surface area contributed by atoms with E-state index in [0.717, 1.165) is 36.9 Å². The molecular weight excluding hydrogens is 508 g/mol. The van der Waals surface area contributed by atoms with Gasteiger partial charge in [-0.25, -0.2) is 4.79 Å². The van der Waals surface area contributed by atoms with Gasteiger partial charge in [-0.3, -0.25) is 14.4 Å². The summed E-state index contributed by atoms with van der Waals surface area (Å²) in [5.41, 5.74) is 2.48. The van der Waals surface area contributed by atoms with Crippen molar-refractivity contribution in [2.75, 3.05) is 22.9 Å². The number of anilines is 2. The van der Waals surface area contributed by atoms with E-state index in [9.17, 15) is 19.2 Å². The number of ketones is 1. The molecule has 0 unspecified atom stereocenters. The van der Waals surface area contributed by atoms with Crippen LogP contribution < -0.4 is 20.4 Å². The van der Waals surface area contributed by atoms with E-state index in [1.165, 1.54) is 11.3 Å². The van der Waals surface area contributed by atoms with E-state index in [1.807, 2.05) is 45.0 Å². The average molecular weight is 549 g/mol. The molecule has 0 saturated heterocycles. The number of urea groups is 1. The van der Waals surface area contributed by atoms with Gasteiger partial charge in [0.1, 0.15) is 6.04 Å². The van der Waals surface area contributed by atoms with Gasteiger partial charge in [-0.15, -0.1) is 0 Å². The van der Waals surface area contributed by atoms with Crippen molar-refractivity contribution >= 4 is 35.1 Å². The molecular formula is C31H40N4O5. The summed E-state index contributed by atoms with van der Waals surface area (Å²) in [6, 6.07) is 13.6. The van der Waals surface area contributed by atoms with Crippen LogP contribution in [-0.2, 0) is 27.3 Å². The van der Waals surface area contributed by atoms with Crippen molar-refractivity contribution in [3.63, 3.8) is 0 Å². The summed E-state index contributed by atoms with van der Waals surface area (Å²) >= 11 is 0. The fourth-order valence-electron chi connectivity index (χ4n) is 5.35. The first-order valence-corrected chi connectivity index (χ1v) is 14.1. The quantitative estimate of drug-likeness (QED) is 0.453. The number of para-hydroxylation sites is 2. The Balaban J connectivity index is 1.55. The van der Waals surface area contributed by atoms with E-state index >= 15 is 0 Å². The lowest BCUT2D eigenvalue weighted by Gasteiger charge is -2.37. The lowest BCUT2D eigenvalue weighted by Crippen LogP contribution is -2.56. The monoisotopic (exact) mass is 548 g/mol. The Morgan fingerprint density at radius 1 is 0.925 bits per heavy atom. The van der Waals surface area contributed by atoms with Crippen LogP contribution in [0.2, 0.25) is 0 Å². The van der Waals surface area contributed by atoms with Gasteiger partial charge in [0.2, 0.25) is 0 Å². The summed E-state index contributed by atoms with van der Waals surface area (Å²) in [5.74, 6) is -1.27. The number of nitrogens with zero attached hydrogens (tertiary/aromatic N) is 2. The summed E-state index contributed by atoms with van der Waals surface area (Å²) in [4.78, 5) is 54.9. The third-order valence-electron chi connectivity index (χ3n) is 7.72. The minimum Gasteiger partial charge on any atom is -0.481 e. The molecule has 1 saturated carbocycles. The number of hydrogen-bond donors (Lipinski definition) is 3. The number of Topliss-reactive ketones (excluding diaryl/α,β-unsaturated/α-hetero) is 1. The first-order chi connectivity index (χ1) is 19.0. The minimum atomic E-state index is -0.902. The van der Waals surface area contributed by atoms with Crippen LogP contribution in [0.25, 0.3) is 0 Å². The molecule has 0 radical (unpaired) electrons. The van der Waals surface area contributed by atoms with Gasteiger partial charge in [-0.05, 0) is 36.1 Å². The second kappa shape index (κ2) is 12.5. The van der Waals surface area contributed by atoms with E-state index in [1.54, 1.807) is 24.3 Å². The molecule has 3 N–H and O–H groups in total. The molecule has 2 aromatic carbocycles. The highest BCUT2D eigenvalue weighted by Crippen LogP contribution is 2.37. The van der Waals surface area contributed by atoms with Crippen LogP contribution in [0.4, 0.5) is 16.2 Å². The Bertz CT molecular complexity index is 1230. The maximum Gasteiger partial charge on any atom is 0.315 e. The highest BCUT2D eigenvalue weighted by molar-refractivity contribution is 6.07. The Labute approximate surface area is 235 Å². The van der Waals surface area contributed by atoms with Crippen molar-refractivity contribution in [2.45, 2.75) is 77.9 Å². The Kier molecular flexibility index (Phi) is 9.12. The number of carbonyl (C=O) groups is 4. The number of hydrogen-bond acceptors (Lipinski definition) is 5. The van der Waals surface area contributed by atoms with Crippen molar-refractivity contribution in [3.05, 3.63) is 59.7 Å². The number of benzene rings is 2. The standard InChI is InChI=1S/C31H40N4O5/c1-31(2,3)27(36)20-35-26-12-8-7-11-25(26)34(23-9-5-4-6-10-23)19-24(29(35)39)33-30(40)32-18-22-15-13-21(14-16-22)17-28(37)38/h7-8,11-16,23-24H,4-6,9-10,17-20H2,1-3H3,(H,37,38)(H2,32,33,40)/t24-/m1/s1. The Hall–Kier alpha value is -3.88. The number of amides is 3. The maximum absolute atomic E-state index is 14.0.